The number of hydrogen-bond acceptors (Lipinski definition) is 4. The summed E-state index contributed by atoms with van der Waals surface area (Å²) in [5, 5.41) is 12.5. The van der Waals surface area contributed by atoms with Crippen LogP contribution in [0.15, 0.2) is 6.20 Å². The van der Waals surface area contributed by atoms with Crippen molar-refractivity contribution < 1.29 is 9.90 Å². The molecule has 0 saturated heterocycles. The second-order valence-corrected chi connectivity index (χ2v) is 4.52. The Labute approximate surface area is 86.0 Å². The second-order valence-electron chi connectivity index (χ2n) is 3.49. The summed E-state index contributed by atoms with van der Waals surface area (Å²) in [6, 6.07) is 0. The highest BCUT2D eigenvalue weighted by Crippen LogP contribution is 2.32. The zero-order valence-electron chi connectivity index (χ0n) is 7.69. The van der Waals surface area contributed by atoms with Gasteiger partial charge in [-0.1, -0.05) is 24.2 Å². The van der Waals surface area contributed by atoms with Crippen molar-refractivity contribution >= 4 is 22.4 Å². The fourth-order valence-electron chi connectivity index (χ4n) is 1.24. The summed E-state index contributed by atoms with van der Waals surface area (Å²) >= 11 is 1.19. The number of aromatic nitrogens is 1. The minimum absolute atomic E-state index is 0.291. The molecular weight excluding hydrogens is 200 g/mol. The molecule has 14 heavy (non-hydrogen) atoms. The molecule has 1 aliphatic carbocycles. The molecule has 1 aromatic rings. The van der Waals surface area contributed by atoms with Crippen molar-refractivity contribution in [2.24, 2.45) is 5.92 Å². The lowest BCUT2D eigenvalue weighted by molar-refractivity contribution is 0.0702. The number of nitrogens with zero attached hydrogens (tertiary/aromatic N) is 1. The first-order chi connectivity index (χ1) is 6.75. The Kier molecular flexibility index (Phi) is 2.67. The molecule has 4 nitrogen and oxygen atoms in total. The Balaban J connectivity index is 1.79. The molecule has 2 rings (SSSR count). The van der Waals surface area contributed by atoms with Gasteiger partial charge in [-0.2, -0.15) is 0 Å². The topological polar surface area (TPSA) is 62.2 Å². The minimum atomic E-state index is -0.905. The molecule has 0 atom stereocenters. The third-order valence-corrected chi connectivity index (χ3v) is 3.19. The summed E-state index contributed by atoms with van der Waals surface area (Å²) < 4.78 is 0. The van der Waals surface area contributed by atoms with E-state index in [2.05, 4.69) is 10.3 Å². The summed E-state index contributed by atoms with van der Waals surface area (Å²) in [5.41, 5.74) is 0. The molecule has 1 saturated carbocycles. The van der Waals surface area contributed by atoms with Crippen molar-refractivity contribution in [1.29, 1.82) is 0 Å². The minimum Gasteiger partial charge on any atom is -0.477 e. The first-order valence-corrected chi connectivity index (χ1v) is 5.50. The molecule has 5 heteroatoms. The lowest BCUT2D eigenvalue weighted by atomic mass is 10.3. The highest BCUT2D eigenvalue weighted by atomic mass is 32.1. The van der Waals surface area contributed by atoms with Gasteiger partial charge in [0.15, 0.2) is 5.13 Å². The van der Waals surface area contributed by atoms with Crippen LogP contribution in [0.25, 0.3) is 0 Å². The van der Waals surface area contributed by atoms with Gasteiger partial charge in [-0.05, 0) is 12.3 Å². The number of hydrogen-bond donors (Lipinski definition) is 2. The normalized spacial score (nSPS) is 15.4. The molecule has 1 aliphatic rings. The largest absolute Gasteiger partial charge is 0.477 e. The number of aromatic carboxylic acids is 1. The molecule has 76 valence electrons. The van der Waals surface area contributed by atoms with Gasteiger partial charge in [-0.3, -0.25) is 0 Å². The molecule has 0 spiro atoms. The fourth-order valence-corrected chi connectivity index (χ4v) is 1.93. The van der Waals surface area contributed by atoms with Crippen LogP contribution in [0, 0.1) is 5.92 Å². The van der Waals surface area contributed by atoms with E-state index < -0.39 is 5.97 Å². The second kappa shape index (κ2) is 3.96. The maximum absolute atomic E-state index is 10.5. The van der Waals surface area contributed by atoms with Crippen LogP contribution < -0.4 is 5.32 Å². The SMILES string of the molecule is O=C(O)c1cnc(NCCC2CC2)s1. The van der Waals surface area contributed by atoms with Crippen molar-refractivity contribution in [3.8, 4) is 0 Å². The molecule has 0 bridgehead atoms. The third-order valence-electron chi connectivity index (χ3n) is 2.24. The molecule has 0 unspecified atom stereocenters. The molecule has 1 fully saturated rings. The Hall–Kier alpha value is -1.10. The highest BCUT2D eigenvalue weighted by molar-refractivity contribution is 7.17. The zero-order chi connectivity index (χ0) is 9.97. The summed E-state index contributed by atoms with van der Waals surface area (Å²) in [4.78, 5) is 14.8. The average Bonchev–Trinajstić information content (AvgIpc) is 2.82. The van der Waals surface area contributed by atoms with Crippen LogP contribution in [0.4, 0.5) is 5.13 Å². The van der Waals surface area contributed by atoms with Crippen molar-refractivity contribution in [2.75, 3.05) is 11.9 Å². The predicted octanol–water partition coefficient (Wildman–Crippen LogP) is 2.05. The fraction of sp³-hybridized carbons (Fsp3) is 0.556. The van der Waals surface area contributed by atoms with Gasteiger partial charge in [0.1, 0.15) is 4.88 Å². The molecular formula is C9H12N2O2S. The molecule has 1 aromatic heterocycles. The third kappa shape index (κ3) is 2.45. The van der Waals surface area contributed by atoms with E-state index in [0.717, 1.165) is 12.5 Å². The number of rotatable bonds is 5. The van der Waals surface area contributed by atoms with E-state index in [-0.39, 0.29) is 0 Å². The monoisotopic (exact) mass is 212 g/mol. The van der Waals surface area contributed by atoms with Gasteiger partial charge in [0.2, 0.25) is 0 Å². The van der Waals surface area contributed by atoms with Gasteiger partial charge in [0.05, 0.1) is 6.20 Å². The van der Waals surface area contributed by atoms with Crippen molar-refractivity contribution in [1.82, 2.24) is 4.98 Å². The van der Waals surface area contributed by atoms with Gasteiger partial charge >= 0.3 is 5.97 Å². The van der Waals surface area contributed by atoms with Gasteiger partial charge in [-0.15, -0.1) is 0 Å². The Morgan fingerprint density at radius 3 is 3.07 bits per heavy atom. The maximum Gasteiger partial charge on any atom is 0.347 e. The van der Waals surface area contributed by atoms with Crippen molar-refractivity contribution in [3.05, 3.63) is 11.1 Å². The van der Waals surface area contributed by atoms with Gasteiger partial charge in [-0.25, -0.2) is 9.78 Å². The van der Waals surface area contributed by atoms with Crippen LogP contribution in [0.3, 0.4) is 0 Å². The molecule has 0 radical (unpaired) electrons. The number of anilines is 1. The van der Waals surface area contributed by atoms with Crippen LogP contribution in [0.2, 0.25) is 0 Å². The maximum atomic E-state index is 10.5. The van der Waals surface area contributed by atoms with E-state index in [0.29, 0.717) is 10.0 Å². The highest BCUT2D eigenvalue weighted by Gasteiger charge is 2.20. The van der Waals surface area contributed by atoms with Crippen LogP contribution >= 0.6 is 11.3 Å². The molecule has 0 aromatic carbocycles. The van der Waals surface area contributed by atoms with E-state index in [1.807, 2.05) is 0 Å². The standard InChI is InChI=1S/C9H12N2O2S/c12-8(13)7-5-11-9(14-7)10-4-3-6-1-2-6/h5-6H,1-4H2,(H,10,11)(H,12,13). The lowest BCUT2D eigenvalue weighted by Gasteiger charge is -1.99. The number of thiazole rings is 1. The van der Waals surface area contributed by atoms with Crippen LogP contribution in [0.5, 0.6) is 0 Å². The average molecular weight is 212 g/mol. The van der Waals surface area contributed by atoms with Crippen molar-refractivity contribution in [3.63, 3.8) is 0 Å². The predicted molar refractivity (Wildman–Crippen MR) is 54.9 cm³/mol. The molecule has 2 N–H and O–H groups in total. The Morgan fingerprint density at radius 1 is 1.71 bits per heavy atom. The van der Waals surface area contributed by atoms with E-state index in [1.54, 1.807) is 0 Å². The van der Waals surface area contributed by atoms with Crippen molar-refractivity contribution in [2.45, 2.75) is 19.3 Å². The summed E-state index contributed by atoms with van der Waals surface area (Å²) in [5.74, 6) is -0.0147. The Bertz CT molecular complexity index is 333. The Morgan fingerprint density at radius 2 is 2.50 bits per heavy atom. The number of carboxylic acids is 1. The zero-order valence-corrected chi connectivity index (χ0v) is 8.51. The smallest absolute Gasteiger partial charge is 0.347 e. The quantitative estimate of drug-likeness (QED) is 0.784. The van der Waals surface area contributed by atoms with Crippen LogP contribution in [-0.2, 0) is 0 Å². The molecule has 0 aliphatic heterocycles. The summed E-state index contributed by atoms with van der Waals surface area (Å²) in [6.45, 7) is 0.900. The van der Waals surface area contributed by atoms with Crippen LogP contribution in [0.1, 0.15) is 28.9 Å². The molecule has 0 amide bonds. The number of nitrogens with one attached hydrogen (secondary N) is 1. The summed E-state index contributed by atoms with van der Waals surface area (Å²) in [7, 11) is 0. The number of carbonyl (C=O) groups is 1. The van der Waals surface area contributed by atoms with Gasteiger partial charge in [0, 0.05) is 6.54 Å². The lowest BCUT2D eigenvalue weighted by Crippen LogP contribution is -2.01. The molecule has 1 heterocycles. The summed E-state index contributed by atoms with van der Waals surface area (Å²) in [6.07, 6.45) is 5.26. The van der Waals surface area contributed by atoms with E-state index in [9.17, 15) is 4.79 Å². The van der Waals surface area contributed by atoms with Crippen LogP contribution in [-0.4, -0.2) is 22.6 Å². The van der Waals surface area contributed by atoms with Gasteiger partial charge in [0.25, 0.3) is 0 Å². The number of carboxylic acid groups (broad SMARTS) is 1. The van der Waals surface area contributed by atoms with Gasteiger partial charge < -0.3 is 10.4 Å². The van der Waals surface area contributed by atoms with E-state index >= 15 is 0 Å². The van der Waals surface area contributed by atoms with E-state index in [4.69, 9.17) is 5.11 Å². The first kappa shape index (κ1) is 9.45. The first-order valence-electron chi connectivity index (χ1n) is 4.68. The van der Waals surface area contributed by atoms with E-state index in [1.165, 1.54) is 36.8 Å².